The van der Waals surface area contributed by atoms with Crippen LogP contribution in [0.3, 0.4) is 0 Å². The molecule has 0 aliphatic carbocycles. The number of carboxylic acid groups (broad SMARTS) is 2. The molecule has 18 heavy (non-hydrogen) atoms. The van der Waals surface area contributed by atoms with E-state index in [-0.39, 0.29) is 24.4 Å². The number of halogens is 1. The zero-order valence-corrected chi connectivity index (χ0v) is 10.3. The van der Waals surface area contributed by atoms with E-state index in [2.05, 4.69) is 5.32 Å². The third kappa shape index (κ3) is 5.91. The third-order valence-electron chi connectivity index (χ3n) is 2.07. The molecule has 0 saturated heterocycles. The van der Waals surface area contributed by atoms with Crippen LogP contribution in [0.2, 0.25) is 0 Å². The minimum atomic E-state index is -1.25. The van der Waals surface area contributed by atoms with Gasteiger partial charge in [-0.2, -0.15) is 0 Å². The highest BCUT2D eigenvalue weighted by molar-refractivity contribution is 5.94. The Balaban J connectivity index is 0.00000289. The SMILES string of the molecule is Cl.O=C(O)C=C(CCNc1ccccc1)C(=O)O. The highest BCUT2D eigenvalue weighted by atomic mass is 35.5. The monoisotopic (exact) mass is 271 g/mol. The van der Waals surface area contributed by atoms with Crippen LogP contribution in [0.15, 0.2) is 42.0 Å². The van der Waals surface area contributed by atoms with Crippen molar-refractivity contribution >= 4 is 30.0 Å². The van der Waals surface area contributed by atoms with Crippen LogP contribution < -0.4 is 5.32 Å². The maximum Gasteiger partial charge on any atom is 0.331 e. The van der Waals surface area contributed by atoms with Gasteiger partial charge in [-0.3, -0.25) is 0 Å². The van der Waals surface area contributed by atoms with Crippen molar-refractivity contribution in [2.75, 3.05) is 11.9 Å². The molecule has 0 fully saturated rings. The highest BCUT2D eigenvalue weighted by Gasteiger charge is 2.08. The van der Waals surface area contributed by atoms with E-state index in [1.807, 2.05) is 30.3 Å². The molecule has 1 rings (SSSR count). The Morgan fingerprint density at radius 2 is 1.78 bits per heavy atom. The predicted molar refractivity (Wildman–Crippen MR) is 70.2 cm³/mol. The van der Waals surface area contributed by atoms with Gasteiger partial charge in [0.1, 0.15) is 0 Å². The quantitative estimate of drug-likeness (QED) is 0.689. The fourth-order valence-corrected chi connectivity index (χ4v) is 1.29. The van der Waals surface area contributed by atoms with Crippen LogP contribution in [0.25, 0.3) is 0 Å². The summed E-state index contributed by atoms with van der Waals surface area (Å²) in [6.07, 6.45) is 0.867. The molecule has 98 valence electrons. The lowest BCUT2D eigenvalue weighted by atomic mass is 10.1. The van der Waals surface area contributed by atoms with Gasteiger partial charge in [-0.05, 0) is 18.6 Å². The summed E-state index contributed by atoms with van der Waals surface area (Å²) in [7, 11) is 0. The average Bonchev–Trinajstić information content (AvgIpc) is 2.28. The van der Waals surface area contributed by atoms with Crippen molar-refractivity contribution in [1.29, 1.82) is 0 Å². The molecular formula is C12H14ClNO4. The van der Waals surface area contributed by atoms with Gasteiger partial charge in [-0.15, -0.1) is 12.4 Å². The largest absolute Gasteiger partial charge is 0.478 e. The van der Waals surface area contributed by atoms with Crippen molar-refractivity contribution in [3.63, 3.8) is 0 Å². The summed E-state index contributed by atoms with van der Waals surface area (Å²) in [6, 6.07) is 9.28. The zero-order valence-electron chi connectivity index (χ0n) is 9.50. The van der Waals surface area contributed by atoms with Crippen molar-refractivity contribution in [2.45, 2.75) is 6.42 Å². The smallest absolute Gasteiger partial charge is 0.331 e. The van der Waals surface area contributed by atoms with Gasteiger partial charge in [0, 0.05) is 23.9 Å². The Hall–Kier alpha value is -2.01. The molecule has 0 atom stereocenters. The predicted octanol–water partition coefficient (Wildman–Crippen LogP) is 2.01. The van der Waals surface area contributed by atoms with Crippen LogP contribution in [-0.2, 0) is 9.59 Å². The number of carboxylic acids is 2. The minimum absolute atomic E-state index is 0. The normalized spacial score (nSPS) is 10.3. The number of carbonyl (C=O) groups is 2. The highest BCUT2D eigenvalue weighted by Crippen LogP contribution is 2.07. The number of aliphatic carboxylic acids is 2. The Morgan fingerprint density at radius 1 is 1.17 bits per heavy atom. The average molecular weight is 272 g/mol. The first kappa shape index (κ1) is 16.0. The molecule has 0 unspecified atom stereocenters. The Labute approximate surface area is 111 Å². The standard InChI is InChI=1S/C12H13NO4.ClH/c14-11(15)8-9(12(16)17)6-7-13-10-4-2-1-3-5-10;/h1-5,8,13H,6-7H2,(H,14,15)(H,16,17);1H. The van der Waals surface area contributed by atoms with Crippen LogP contribution in [0, 0.1) is 0 Å². The fourth-order valence-electron chi connectivity index (χ4n) is 1.29. The van der Waals surface area contributed by atoms with E-state index in [1.54, 1.807) is 0 Å². The van der Waals surface area contributed by atoms with Crippen molar-refractivity contribution in [1.82, 2.24) is 0 Å². The summed E-state index contributed by atoms with van der Waals surface area (Å²) in [4.78, 5) is 21.1. The Bertz CT molecular complexity index is 431. The topological polar surface area (TPSA) is 86.6 Å². The molecule has 6 heteroatoms. The Morgan fingerprint density at radius 3 is 2.28 bits per heavy atom. The number of benzene rings is 1. The van der Waals surface area contributed by atoms with Crippen LogP contribution in [-0.4, -0.2) is 28.7 Å². The summed E-state index contributed by atoms with van der Waals surface area (Å²) in [5.41, 5.74) is 0.744. The summed E-state index contributed by atoms with van der Waals surface area (Å²) in [5.74, 6) is -2.45. The Kier molecular flexibility index (Phi) is 7.23. The number of rotatable bonds is 6. The number of para-hydroxylation sites is 1. The number of hydrogen-bond donors (Lipinski definition) is 3. The lowest BCUT2D eigenvalue weighted by Crippen LogP contribution is -2.10. The first-order chi connectivity index (χ1) is 8.09. The summed E-state index contributed by atoms with van der Waals surface area (Å²) >= 11 is 0. The van der Waals surface area contributed by atoms with E-state index in [0.29, 0.717) is 6.54 Å². The number of nitrogens with one attached hydrogen (secondary N) is 1. The second kappa shape index (κ2) is 8.14. The summed E-state index contributed by atoms with van der Waals surface area (Å²) in [6.45, 7) is 0.370. The van der Waals surface area contributed by atoms with Gasteiger partial charge >= 0.3 is 11.9 Å². The lowest BCUT2D eigenvalue weighted by molar-refractivity contribution is -0.135. The molecule has 3 N–H and O–H groups in total. The maximum absolute atomic E-state index is 10.7. The summed E-state index contributed by atoms with van der Waals surface area (Å²) < 4.78 is 0. The van der Waals surface area contributed by atoms with Crippen molar-refractivity contribution in [2.24, 2.45) is 0 Å². The number of hydrogen-bond acceptors (Lipinski definition) is 3. The van der Waals surface area contributed by atoms with Crippen molar-refractivity contribution in [3.05, 3.63) is 42.0 Å². The molecule has 0 amide bonds. The lowest BCUT2D eigenvalue weighted by Gasteiger charge is -2.06. The van der Waals surface area contributed by atoms with Gasteiger partial charge < -0.3 is 15.5 Å². The molecule has 0 aromatic heterocycles. The minimum Gasteiger partial charge on any atom is -0.478 e. The fraction of sp³-hybridized carbons (Fsp3) is 0.167. The van der Waals surface area contributed by atoms with E-state index in [0.717, 1.165) is 11.8 Å². The summed E-state index contributed by atoms with van der Waals surface area (Å²) in [5, 5.41) is 20.3. The molecule has 0 saturated carbocycles. The van der Waals surface area contributed by atoms with E-state index >= 15 is 0 Å². The van der Waals surface area contributed by atoms with Gasteiger partial charge in [0.2, 0.25) is 0 Å². The van der Waals surface area contributed by atoms with Crippen molar-refractivity contribution < 1.29 is 19.8 Å². The van der Waals surface area contributed by atoms with Gasteiger partial charge in [-0.25, -0.2) is 9.59 Å². The number of anilines is 1. The first-order valence-corrected chi connectivity index (χ1v) is 5.05. The molecule has 1 aromatic carbocycles. The van der Waals surface area contributed by atoms with E-state index in [4.69, 9.17) is 10.2 Å². The van der Waals surface area contributed by atoms with Crippen LogP contribution in [0.5, 0.6) is 0 Å². The van der Waals surface area contributed by atoms with Gasteiger partial charge in [0.05, 0.1) is 0 Å². The van der Waals surface area contributed by atoms with Gasteiger partial charge in [0.25, 0.3) is 0 Å². The molecule has 0 aliphatic heterocycles. The first-order valence-electron chi connectivity index (χ1n) is 5.05. The molecule has 5 nitrogen and oxygen atoms in total. The molecule has 1 aromatic rings. The third-order valence-corrected chi connectivity index (χ3v) is 2.07. The van der Waals surface area contributed by atoms with Crippen LogP contribution >= 0.6 is 12.4 Å². The molecule has 0 aliphatic rings. The van der Waals surface area contributed by atoms with E-state index < -0.39 is 11.9 Å². The maximum atomic E-state index is 10.7. The van der Waals surface area contributed by atoms with Crippen LogP contribution in [0.1, 0.15) is 6.42 Å². The van der Waals surface area contributed by atoms with E-state index in [1.165, 1.54) is 0 Å². The molecule has 0 radical (unpaired) electrons. The van der Waals surface area contributed by atoms with Crippen LogP contribution in [0.4, 0.5) is 5.69 Å². The second-order valence-electron chi connectivity index (χ2n) is 3.36. The van der Waals surface area contributed by atoms with E-state index in [9.17, 15) is 9.59 Å². The zero-order chi connectivity index (χ0) is 12.7. The molecule has 0 spiro atoms. The van der Waals surface area contributed by atoms with Gasteiger partial charge in [0.15, 0.2) is 0 Å². The molecular weight excluding hydrogens is 258 g/mol. The van der Waals surface area contributed by atoms with Gasteiger partial charge in [-0.1, -0.05) is 18.2 Å². The molecule has 0 heterocycles. The second-order valence-corrected chi connectivity index (χ2v) is 3.36. The molecule has 0 bridgehead atoms. The van der Waals surface area contributed by atoms with Crippen molar-refractivity contribution in [3.8, 4) is 0 Å².